The lowest BCUT2D eigenvalue weighted by atomic mass is 9.67. The van der Waals surface area contributed by atoms with Gasteiger partial charge in [0.25, 0.3) is 0 Å². The molecule has 3 atom stereocenters. The van der Waals surface area contributed by atoms with Gasteiger partial charge in [0.2, 0.25) is 0 Å². The largest absolute Gasteiger partial charge is 0.385 e. The third kappa shape index (κ3) is 2.72. The molecule has 2 rings (SSSR count). The summed E-state index contributed by atoms with van der Waals surface area (Å²) in [4.78, 5) is 0. The molecule has 1 aromatic rings. The van der Waals surface area contributed by atoms with E-state index in [1.165, 1.54) is 12.0 Å². The molecule has 1 aliphatic rings. The van der Waals surface area contributed by atoms with Crippen LogP contribution in [0.3, 0.4) is 0 Å². The minimum Gasteiger partial charge on any atom is -0.385 e. The van der Waals surface area contributed by atoms with Crippen LogP contribution in [0.5, 0.6) is 0 Å². The lowest BCUT2D eigenvalue weighted by Gasteiger charge is -2.42. The molecule has 106 valence electrons. The molecule has 0 aliphatic heterocycles. The lowest BCUT2D eigenvalue weighted by molar-refractivity contribution is -0.0688. The summed E-state index contributed by atoms with van der Waals surface area (Å²) in [5, 5.41) is 11.1. The Hall–Kier alpha value is -0.820. The highest BCUT2D eigenvalue weighted by Gasteiger charge is 2.41. The summed E-state index contributed by atoms with van der Waals surface area (Å²) in [5.41, 5.74) is 1.97. The van der Waals surface area contributed by atoms with Crippen LogP contribution in [0.1, 0.15) is 65.0 Å². The van der Waals surface area contributed by atoms with E-state index in [1.807, 2.05) is 0 Å². The highest BCUT2D eigenvalue weighted by molar-refractivity contribution is 5.31. The maximum atomic E-state index is 11.1. The molecule has 0 radical (unpaired) electrons. The van der Waals surface area contributed by atoms with E-state index in [-0.39, 0.29) is 5.41 Å². The van der Waals surface area contributed by atoms with Gasteiger partial charge in [0.1, 0.15) is 0 Å². The van der Waals surface area contributed by atoms with Gasteiger partial charge in [-0.3, -0.25) is 0 Å². The van der Waals surface area contributed by atoms with Gasteiger partial charge >= 0.3 is 0 Å². The van der Waals surface area contributed by atoms with Crippen molar-refractivity contribution in [1.29, 1.82) is 0 Å². The molecule has 0 amide bonds. The van der Waals surface area contributed by atoms with E-state index in [4.69, 9.17) is 0 Å². The Labute approximate surface area is 118 Å². The van der Waals surface area contributed by atoms with Crippen molar-refractivity contribution in [3.8, 4) is 0 Å². The van der Waals surface area contributed by atoms with E-state index in [1.54, 1.807) is 0 Å². The Balaban J connectivity index is 2.31. The second-order valence-corrected chi connectivity index (χ2v) is 7.41. The molecule has 1 saturated carbocycles. The van der Waals surface area contributed by atoms with Crippen molar-refractivity contribution in [2.45, 2.75) is 64.9 Å². The molecule has 0 bridgehead atoms. The van der Waals surface area contributed by atoms with Crippen LogP contribution in [0.15, 0.2) is 24.3 Å². The molecule has 0 spiro atoms. The lowest BCUT2D eigenvalue weighted by Crippen LogP contribution is -2.40. The van der Waals surface area contributed by atoms with E-state index >= 15 is 0 Å². The minimum atomic E-state index is -0.631. The zero-order valence-electron chi connectivity index (χ0n) is 13.0. The van der Waals surface area contributed by atoms with Crippen molar-refractivity contribution in [2.24, 2.45) is 11.8 Å². The van der Waals surface area contributed by atoms with E-state index in [2.05, 4.69) is 58.9 Å². The fourth-order valence-corrected chi connectivity index (χ4v) is 3.31. The highest BCUT2D eigenvalue weighted by Crippen LogP contribution is 2.44. The zero-order chi connectivity index (χ0) is 14.3. The van der Waals surface area contributed by atoms with E-state index < -0.39 is 5.60 Å². The summed E-state index contributed by atoms with van der Waals surface area (Å²) in [6.07, 6.45) is 3.26. The summed E-state index contributed by atoms with van der Waals surface area (Å²) < 4.78 is 0. The van der Waals surface area contributed by atoms with Crippen LogP contribution in [0, 0.1) is 11.8 Å². The number of rotatable bonds is 1. The molecule has 1 aliphatic carbocycles. The van der Waals surface area contributed by atoms with Crippen molar-refractivity contribution in [3.63, 3.8) is 0 Å². The van der Waals surface area contributed by atoms with Crippen molar-refractivity contribution in [1.82, 2.24) is 0 Å². The zero-order valence-corrected chi connectivity index (χ0v) is 13.0. The third-order valence-electron chi connectivity index (χ3n) is 5.08. The summed E-state index contributed by atoms with van der Waals surface area (Å²) in [6.45, 7) is 11.1. The van der Waals surface area contributed by atoms with Crippen LogP contribution in [-0.2, 0) is 11.0 Å². The maximum Gasteiger partial charge on any atom is 0.0924 e. The summed E-state index contributed by atoms with van der Waals surface area (Å²) in [7, 11) is 0. The topological polar surface area (TPSA) is 20.2 Å². The smallest absolute Gasteiger partial charge is 0.0924 e. The van der Waals surface area contributed by atoms with Gasteiger partial charge in [-0.1, -0.05) is 65.3 Å². The number of aliphatic hydroxyl groups is 1. The van der Waals surface area contributed by atoms with Crippen LogP contribution in [0.4, 0.5) is 0 Å². The van der Waals surface area contributed by atoms with Gasteiger partial charge in [0.15, 0.2) is 0 Å². The number of hydrogen-bond donors (Lipinski definition) is 1. The Kier molecular flexibility index (Phi) is 3.79. The first-order valence-corrected chi connectivity index (χ1v) is 7.58. The molecular formula is C18H28O. The van der Waals surface area contributed by atoms with Crippen LogP contribution < -0.4 is 0 Å². The molecular weight excluding hydrogens is 232 g/mol. The molecule has 1 nitrogen and oxygen atoms in total. The highest BCUT2D eigenvalue weighted by atomic mass is 16.3. The third-order valence-corrected chi connectivity index (χ3v) is 5.08. The van der Waals surface area contributed by atoms with Crippen LogP contribution >= 0.6 is 0 Å². The monoisotopic (exact) mass is 260 g/mol. The average Bonchev–Trinajstić information content (AvgIpc) is 2.35. The van der Waals surface area contributed by atoms with E-state index in [9.17, 15) is 5.11 Å². The quantitative estimate of drug-likeness (QED) is 0.780. The fraction of sp³-hybridized carbons (Fsp3) is 0.667. The van der Waals surface area contributed by atoms with E-state index in [0.29, 0.717) is 11.8 Å². The second kappa shape index (κ2) is 4.94. The Bertz CT molecular complexity index is 426. The van der Waals surface area contributed by atoms with Crippen molar-refractivity contribution < 1.29 is 5.11 Å². The standard InChI is InChI=1S/C18H28O/c1-13-7-6-12-18(19,14(13)2)16-10-8-15(9-11-16)17(3,4)5/h8-11,13-14,19H,6-7,12H2,1-5H3. The first-order valence-electron chi connectivity index (χ1n) is 7.58. The first-order chi connectivity index (χ1) is 8.75. The van der Waals surface area contributed by atoms with Gasteiger partial charge in [-0.05, 0) is 41.2 Å². The van der Waals surface area contributed by atoms with Gasteiger partial charge in [-0.2, -0.15) is 0 Å². The van der Waals surface area contributed by atoms with Crippen LogP contribution in [-0.4, -0.2) is 5.11 Å². The molecule has 19 heavy (non-hydrogen) atoms. The van der Waals surface area contributed by atoms with Crippen LogP contribution in [0.25, 0.3) is 0 Å². The predicted molar refractivity (Wildman–Crippen MR) is 81.2 cm³/mol. The molecule has 0 heterocycles. The van der Waals surface area contributed by atoms with Gasteiger partial charge in [0, 0.05) is 0 Å². The molecule has 1 N–H and O–H groups in total. The van der Waals surface area contributed by atoms with Crippen LogP contribution in [0.2, 0.25) is 0 Å². The van der Waals surface area contributed by atoms with Gasteiger partial charge < -0.3 is 5.11 Å². The predicted octanol–water partition coefficient (Wildman–Crippen LogP) is 4.63. The fourth-order valence-electron chi connectivity index (χ4n) is 3.31. The van der Waals surface area contributed by atoms with Crippen molar-refractivity contribution in [3.05, 3.63) is 35.4 Å². The second-order valence-electron chi connectivity index (χ2n) is 7.41. The molecule has 1 heteroatoms. The van der Waals surface area contributed by atoms with E-state index in [0.717, 1.165) is 18.4 Å². The summed E-state index contributed by atoms with van der Waals surface area (Å²) >= 11 is 0. The van der Waals surface area contributed by atoms with Crippen molar-refractivity contribution >= 4 is 0 Å². The minimum absolute atomic E-state index is 0.173. The Morgan fingerprint density at radius 2 is 1.68 bits per heavy atom. The molecule has 0 aromatic heterocycles. The summed E-state index contributed by atoms with van der Waals surface area (Å²) in [5.74, 6) is 0.933. The Morgan fingerprint density at radius 3 is 2.21 bits per heavy atom. The number of hydrogen-bond acceptors (Lipinski definition) is 1. The van der Waals surface area contributed by atoms with Gasteiger partial charge in [-0.15, -0.1) is 0 Å². The summed E-state index contributed by atoms with van der Waals surface area (Å²) in [6, 6.07) is 8.63. The van der Waals surface area contributed by atoms with Gasteiger partial charge in [0.05, 0.1) is 5.60 Å². The molecule has 3 unspecified atom stereocenters. The number of benzene rings is 1. The van der Waals surface area contributed by atoms with Gasteiger partial charge in [-0.25, -0.2) is 0 Å². The maximum absolute atomic E-state index is 11.1. The average molecular weight is 260 g/mol. The normalized spacial score (nSPS) is 32.3. The molecule has 0 saturated heterocycles. The molecule has 1 fully saturated rings. The molecule has 1 aromatic carbocycles. The SMILES string of the molecule is CC1CCCC(O)(c2ccc(C(C)(C)C)cc2)C1C. The first kappa shape index (κ1) is 14.6. The Morgan fingerprint density at radius 1 is 1.11 bits per heavy atom. The van der Waals surface area contributed by atoms with Crippen molar-refractivity contribution in [2.75, 3.05) is 0 Å².